The molecule has 0 nitrogen and oxygen atoms in total. The Balaban J connectivity index is 2.60. The van der Waals surface area contributed by atoms with Gasteiger partial charge in [0.05, 0.1) is 0 Å². The molecule has 0 heterocycles. The van der Waals surface area contributed by atoms with Crippen LogP contribution in [0.2, 0.25) is 0 Å². The molecule has 1 atom stereocenters. The molecule has 0 aromatic heterocycles. The molecule has 1 aromatic carbocycles. The Bertz CT molecular complexity index is 346. The second kappa shape index (κ2) is 2.50. The zero-order valence-corrected chi connectivity index (χ0v) is 8.11. The number of alkyl halides is 4. The largest absolute Gasteiger partial charge is 0.299 e. The van der Waals surface area contributed by atoms with Crippen LogP contribution in [0.25, 0.3) is 0 Å². The number of rotatable bonds is 0. The first kappa shape index (κ1) is 9.06. The molecular weight excluding hydrogens is 245 g/mol. The number of halogens is 4. The van der Waals surface area contributed by atoms with Gasteiger partial charge in [-0.3, -0.25) is 0 Å². The van der Waals surface area contributed by atoms with E-state index in [2.05, 4.69) is 15.9 Å². The first-order chi connectivity index (χ1) is 5.95. The van der Waals surface area contributed by atoms with Gasteiger partial charge in [0.2, 0.25) is 0 Å². The maximum atomic E-state index is 13.5. The average Bonchev–Trinajstić information content (AvgIpc) is 2.20. The van der Waals surface area contributed by atoms with E-state index in [-0.39, 0.29) is 5.56 Å². The molecule has 1 unspecified atom stereocenters. The number of fused-ring (bicyclic) bond motifs is 1. The summed E-state index contributed by atoms with van der Waals surface area (Å²) >= 11 is 2.45. The van der Waals surface area contributed by atoms with Crippen molar-refractivity contribution in [3.8, 4) is 0 Å². The molecule has 0 radical (unpaired) electrons. The van der Waals surface area contributed by atoms with Gasteiger partial charge in [0.25, 0.3) is 10.5 Å². The summed E-state index contributed by atoms with van der Waals surface area (Å²) < 4.78 is 37.0. The van der Waals surface area contributed by atoms with Crippen molar-refractivity contribution in [1.82, 2.24) is 0 Å². The van der Waals surface area contributed by atoms with E-state index in [1.165, 1.54) is 12.1 Å². The van der Waals surface area contributed by atoms with Crippen LogP contribution in [-0.2, 0) is 11.0 Å². The third-order valence-electron chi connectivity index (χ3n) is 2.23. The molecule has 0 spiro atoms. The van der Waals surface area contributed by atoms with Gasteiger partial charge in [-0.25, -0.2) is 13.2 Å². The molecule has 0 amide bonds. The minimum atomic E-state index is -3.35. The fraction of sp³-hybridized carbons (Fsp3) is 0.333. The van der Waals surface area contributed by atoms with Gasteiger partial charge in [-0.05, 0) is 21.5 Å². The number of hydrogen-bond donors (Lipinski definition) is 0. The van der Waals surface area contributed by atoms with E-state index in [0.29, 0.717) is 5.56 Å². The van der Waals surface area contributed by atoms with E-state index < -0.39 is 16.9 Å². The van der Waals surface area contributed by atoms with E-state index in [4.69, 9.17) is 0 Å². The minimum absolute atomic E-state index is 0.0417. The second-order valence-electron chi connectivity index (χ2n) is 3.11. The smallest absolute Gasteiger partial charge is 0.219 e. The van der Waals surface area contributed by atoms with Crippen molar-refractivity contribution in [2.75, 3.05) is 0 Å². The van der Waals surface area contributed by atoms with Crippen LogP contribution in [0.4, 0.5) is 13.2 Å². The summed E-state index contributed by atoms with van der Waals surface area (Å²) in [5.74, 6) is -3.35. The zero-order valence-electron chi connectivity index (χ0n) is 6.53. The summed E-state index contributed by atoms with van der Waals surface area (Å²) in [6.07, 6.45) is -0.537. The molecule has 0 N–H and O–H groups in total. The Hall–Kier alpha value is -0.510. The molecule has 1 aromatic rings. The van der Waals surface area contributed by atoms with Gasteiger partial charge >= 0.3 is 0 Å². The quantitative estimate of drug-likeness (QED) is 0.620. The van der Waals surface area contributed by atoms with Gasteiger partial charge < -0.3 is 0 Å². The fourth-order valence-corrected chi connectivity index (χ4v) is 2.05. The zero-order chi connectivity index (χ0) is 9.69. The molecule has 0 saturated heterocycles. The van der Waals surface area contributed by atoms with Crippen molar-refractivity contribution in [2.24, 2.45) is 0 Å². The molecule has 0 aliphatic heterocycles. The summed E-state index contributed by atoms with van der Waals surface area (Å²) in [6, 6.07) is 6.08. The summed E-state index contributed by atoms with van der Waals surface area (Å²) in [5.41, 5.74) is 0.409. The Morgan fingerprint density at radius 2 is 1.77 bits per heavy atom. The van der Waals surface area contributed by atoms with Gasteiger partial charge in [-0.2, -0.15) is 0 Å². The van der Waals surface area contributed by atoms with Gasteiger partial charge in [-0.15, -0.1) is 0 Å². The van der Waals surface area contributed by atoms with Crippen molar-refractivity contribution in [3.05, 3.63) is 35.4 Å². The Morgan fingerprint density at radius 3 is 2.38 bits per heavy atom. The molecule has 1 aliphatic carbocycles. The van der Waals surface area contributed by atoms with E-state index in [1.807, 2.05) is 0 Å². The summed E-state index contributed by atoms with van der Waals surface area (Å²) in [7, 11) is 0. The maximum absolute atomic E-state index is 13.5. The van der Waals surface area contributed by atoms with Crippen LogP contribution in [0.1, 0.15) is 11.1 Å². The van der Waals surface area contributed by atoms with E-state index in [9.17, 15) is 13.2 Å². The summed E-state index contributed by atoms with van der Waals surface area (Å²) in [5, 5.41) is 0. The topological polar surface area (TPSA) is 0 Å². The second-order valence-corrected chi connectivity index (χ2v) is 4.21. The van der Waals surface area contributed by atoms with Crippen molar-refractivity contribution < 1.29 is 13.2 Å². The predicted molar refractivity (Wildman–Crippen MR) is 46.8 cm³/mol. The number of benzene rings is 1. The molecular formula is C9H6BrF3. The standard InChI is InChI=1S/C9H6BrF3/c10-9(13)7-4-2-1-3-6(7)5-8(9,11)12/h1-4H,5H2. The highest BCUT2D eigenvalue weighted by Crippen LogP contribution is 2.54. The Morgan fingerprint density at radius 1 is 1.15 bits per heavy atom. The molecule has 0 fully saturated rings. The summed E-state index contributed by atoms with van der Waals surface area (Å²) in [6.45, 7) is 0. The minimum Gasteiger partial charge on any atom is -0.219 e. The Kier molecular flexibility index (Phi) is 1.74. The Labute approximate surface area is 81.9 Å². The number of hydrogen-bond acceptors (Lipinski definition) is 0. The van der Waals surface area contributed by atoms with Crippen LogP contribution < -0.4 is 0 Å². The lowest BCUT2D eigenvalue weighted by molar-refractivity contribution is -0.0758. The van der Waals surface area contributed by atoms with Crippen molar-refractivity contribution >= 4 is 15.9 Å². The molecule has 13 heavy (non-hydrogen) atoms. The van der Waals surface area contributed by atoms with Gasteiger partial charge in [0.15, 0.2) is 0 Å². The van der Waals surface area contributed by atoms with Crippen LogP contribution in [0, 0.1) is 0 Å². The highest BCUT2D eigenvalue weighted by molar-refractivity contribution is 9.09. The molecule has 2 rings (SSSR count). The lowest BCUT2D eigenvalue weighted by Crippen LogP contribution is -2.31. The molecule has 0 saturated carbocycles. The van der Waals surface area contributed by atoms with Crippen LogP contribution >= 0.6 is 15.9 Å². The maximum Gasteiger partial charge on any atom is 0.299 e. The van der Waals surface area contributed by atoms with Gasteiger partial charge in [0, 0.05) is 12.0 Å². The van der Waals surface area contributed by atoms with Crippen LogP contribution in [-0.4, -0.2) is 5.92 Å². The lowest BCUT2D eigenvalue weighted by Gasteiger charge is -2.20. The van der Waals surface area contributed by atoms with Crippen molar-refractivity contribution in [1.29, 1.82) is 0 Å². The van der Waals surface area contributed by atoms with Crippen LogP contribution in [0.15, 0.2) is 24.3 Å². The lowest BCUT2D eigenvalue weighted by atomic mass is 10.1. The fourth-order valence-electron chi connectivity index (χ4n) is 1.53. The van der Waals surface area contributed by atoms with E-state index in [1.54, 1.807) is 12.1 Å². The van der Waals surface area contributed by atoms with E-state index >= 15 is 0 Å². The molecule has 1 aliphatic rings. The van der Waals surface area contributed by atoms with E-state index in [0.717, 1.165) is 0 Å². The predicted octanol–water partition coefficient (Wildman–Crippen LogP) is 3.40. The molecule has 0 bridgehead atoms. The molecule has 70 valence electrons. The third-order valence-corrected chi connectivity index (χ3v) is 3.23. The monoisotopic (exact) mass is 250 g/mol. The normalized spacial score (nSPS) is 30.2. The summed E-state index contributed by atoms with van der Waals surface area (Å²) in [4.78, 5) is 0. The van der Waals surface area contributed by atoms with Crippen molar-refractivity contribution in [2.45, 2.75) is 16.9 Å². The highest BCUT2D eigenvalue weighted by Gasteiger charge is 2.59. The first-order valence-corrected chi connectivity index (χ1v) is 4.58. The molecule has 4 heteroatoms. The van der Waals surface area contributed by atoms with Crippen molar-refractivity contribution in [3.63, 3.8) is 0 Å². The van der Waals surface area contributed by atoms with Crippen LogP contribution in [0.3, 0.4) is 0 Å². The first-order valence-electron chi connectivity index (χ1n) is 3.79. The van der Waals surface area contributed by atoms with Gasteiger partial charge in [0.1, 0.15) is 0 Å². The highest BCUT2D eigenvalue weighted by atomic mass is 79.9. The average molecular weight is 251 g/mol. The third kappa shape index (κ3) is 1.11. The SMILES string of the molecule is FC1(F)Cc2ccccc2C1(F)Br. The van der Waals surface area contributed by atoms with Crippen LogP contribution in [0.5, 0.6) is 0 Å². The van der Waals surface area contributed by atoms with Gasteiger partial charge in [-0.1, -0.05) is 24.3 Å².